The summed E-state index contributed by atoms with van der Waals surface area (Å²) in [5.74, 6) is 4.56. The van der Waals surface area contributed by atoms with Gasteiger partial charge in [0.2, 0.25) is 0 Å². The molecule has 3 atom stereocenters. The topological polar surface area (TPSA) is 30.9 Å². The maximum absolute atomic E-state index is 4.60. The van der Waals surface area contributed by atoms with E-state index in [1.165, 1.54) is 71.2 Å². The van der Waals surface area contributed by atoms with E-state index in [9.17, 15) is 0 Å². The van der Waals surface area contributed by atoms with Gasteiger partial charge in [0, 0.05) is 39.8 Å². The molecule has 0 spiro atoms. The molecule has 4 nitrogen and oxygen atoms in total. The number of nitrogens with zero attached hydrogens (tertiary/aromatic N) is 3. The smallest absolute Gasteiger partial charge is 0.193 e. The number of aliphatic imine (C=N–C) groups is 1. The van der Waals surface area contributed by atoms with Gasteiger partial charge in [-0.15, -0.1) is 24.0 Å². The highest BCUT2D eigenvalue weighted by Gasteiger charge is 2.35. The van der Waals surface area contributed by atoms with E-state index in [4.69, 9.17) is 0 Å². The minimum atomic E-state index is 0. The van der Waals surface area contributed by atoms with Crippen molar-refractivity contribution < 1.29 is 0 Å². The molecule has 1 saturated carbocycles. The second-order valence-corrected chi connectivity index (χ2v) is 8.80. The normalized spacial score (nSPS) is 31.0. The van der Waals surface area contributed by atoms with Crippen LogP contribution in [-0.2, 0) is 0 Å². The molecule has 2 saturated heterocycles. The number of hydrogen-bond acceptors (Lipinski definition) is 2. The molecule has 3 aliphatic rings. The van der Waals surface area contributed by atoms with E-state index < -0.39 is 0 Å². The second-order valence-electron chi connectivity index (χ2n) is 8.80. The van der Waals surface area contributed by atoms with Crippen LogP contribution >= 0.6 is 24.0 Å². The van der Waals surface area contributed by atoms with Crippen LogP contribution in [0.2, 0.25) is 0 Å². The van der Waals surface area contributed by atoms with Crippen molar-refractivity contribution in [3.63, 3.8) is 0 Å². The molecule has 2 aliphatic heterocycles. The summed E-state index contributed by atoms with van der Waals surface area (Å²) in [7, 11) is 1.95. The number of guanidine groups is 1. The number of fused-ring (bicyclic) bond motifs is 1. The largest absolute Gasteiger partial charge is 0.356 e. The second kappa shape index (κ2) is 10.3. The Labute approximate surface area is 172 Å². The summed E-state index contributed by atoms with van der Waals surface area (Å²) < 4.78 is 0. The van der Waals surface area contributed by atoms with Crippen LogP contribution in [0.5, 0.6) is 0 Å². The molecule has 1 aliphatic carbocycles. The van der Waals surface area contributed by atoms with Crippen molar-refractivity contribution in [1.29, 1.82) is 0 Å². The van der Waals surface area contributed by atoms with Gasteiger partial charge in [0.15, 0.2) is 5.96 Å². The molecule has 5 heteroatoms. The zero-order valence-corrected chi connectivity index (χ0v) is 18.9. The third-order valence-corrected chi connectivity index (χ3v) is 6.26. The van der Waals surface area contributed by atoms with Gasteiger partial charge in [-0.1, -0.05) is 26.7 Å². The predicted molar refractivity (Wildman–Crippen MR) is 118 cm³/mol. The van der Waals surface area contributed by atoms with E-state index in [-0.39, 0.29) is 24.0 Å². The Bertz CT molecular complexity index is 412. The summed E-state index contributed by atoms with van der Waals surface area (Å²) in [6, 6.07) is 0. The Kier molecular flexibility index (Phi) is 8.79. The van der Waals surface area contributed by atoms with E-state index in [0.29, 0.717) is 0 Å². The van der Waals surface area contributed by atoms with Gasteiger partial charge >= 0.3 is 0 Å². The van der Waals surface area contributed by atoms with Crippen molar-refractivity contribution in [3.8, 4) is 0 Å². The van der Waals surface area contributed by atoms with E-state index in [0.717, 1.165) is 36.2 Å². The molecule has 0 bridgehead atoms. The van der Waals surface area contributed by atoms with Crippen LogP contribution in [0.25, 0.3) is 0 Å². The minimum Gasteiger partial charge on any atom is -0.356 e. The molecule has 146 valence electrons. The molecule has 0 amide bonds. The summed E-state index contributed by atoms with van der Waals surface area (Å²) in [6.07, 6.45) is 8.47. The SMILES string of the molecule is CN=C(NCC1CCCN(CC(C)C)C1)N1CC2CCCCC2C1.I. The molecule has 3 rings (SSSR count). The molecule has 2 heterocycles. The van der Waals surface area contributed by atoms with Crippen LogP contribution in [0.4, 0.5) is 0 Å². The van der Waals surface area contributed by atoms with Gasteiger partial charge in [-0.25, -0.2) is 0 Å². The van der Waals surface area contributed by atoms with Gasteiger partial charge in [-0.3, -0.25) is 4.99 Å². The standard InChI is InChI=1S/C20H38N4.HI/c1-16(2)12-23-10-6-7-17(13-23)11-22-20(21-3)24-14-18-8-4-5-9-19(18)15-24;/h16-19H,4-15H2,1-3H3,(H,21,22);1H. The van der Waals surface area contributed by atoms with Crippen LogP contribution in [0.1, 0.15) is 52.4 Å². The van der Waals surface area contributed by atoms with Gasteiger partial charge in [0.1, 0.15) is 0 Å². The number of hydrogen-bond donors (Lipinski definition) is 1. The zero-order chi connectivity index (χ0) is 16.9. The lowest BCUT2D eigenvalue weighted by atomic mass is 9.82. The summed E-state index contributed by atoms with van der Waals surface area (Å²) in [5.41, 5.74) is 0. The molecule has 0 aromatic carbocycles. The van der Waals surface area contributed by atoms with E-state index >= 15 is 0 Å². The Morgan fingerprint density at radius 2 is 1.72 bits per heavy atom. The fourth-order valence-electron chi connectivity index (χ4n) is 5.15. The molecule has 3 unspecified atom stereocenters. The first-order valence-corrected chi connectivity index (χ1v) is 10.3. The molecule has 0 aromatic rings. The number of rotatable bonds is 4. The number of likely N-dealkylation sites (tertiary alicyclic amines) is 2. The summed E-state index contributed by atoms with van der Waals surface area (Å²) in [5, 5.41) is 3.71. The summed E-state index contributed by atoms with van der Waals surface area (Å²) in [4.78, 5) is 9.80. The fraction of sp³-hybridized carbons (Fsp3) is 0.950. The van der Waals surface area contributed by atoms with Gasteiger partial charge in [-0.2, -0.15) is 0 Å². The van der Waals surface area contributed by atoms with Crippen LogP contribution in [0, 0.1) is 23.7 Å². The molecule has 1 N–H and O–H groups in total. The van der Waals surface area contributed by atoms with Crippen molar-refractivity contribution >= 4 is 29.9 Å². The van der Waals surface area contributed by atoms with E-state index in [2.05, 4.69) is 34.0 Å². The molecule has 25 heavy (non-hydrogen) atoms. The maximum Gasteiger partial charge on any atom is 0.193 e. The van der Waals surface area contributed by atoms with Crippen molar-refractivity contribution in [1.82, 2.24) is 15.1 Å². The van der Waals surface area contributed by atoms with E-state index in [1.807, 2.05) is 7.05 Å². The van der Waals surface area contributed by atoms with Crippen LogP contribution in [-0.4, -0.2) is 62.1 Å². The maximum atomic E-state index is 4.60. The lowest BCUT2D eigenvalue weighted by Gasteiger charge is -2.34. The molecule has 3 fully saturated rings. The van der Waals surface area contributed by atoms with Crippen LogP contribution < -0.4 is 5.32 Å². The van der Waals surface area contributed by atoms with Crippen molar-refractivity contribution in [2.24, 2.45) is 28.7 Å². The third kappa shape index (κ3) is 5.98. The Morgan fingerprint density at radius 1 is 1.04 bits per heavy atom. The highest BCUT2D eigenvalue weighted by molar-refractivity contribution is 14.0. The highest BCUT2D eigenvalue weighted by atomic mass is 127. The first kappa shape index (κ1) is 21.3. The Morgan fingerprint density at radius 3 is 2.32 bits per heavy atom. The molecule has 0 aromatic heterocycles. The summed E-state index contributed by atoms with van der Waals surface area (Å²) in [6.45, 7) is 12.0. The molecule has 0 radical (unpaired) electrons. The molecular formula is C20H39IN4. The Balaban J connectivity index is 0.00000225. The monoisotopic (exact) mass is 462 g/mol. The first-order chi connectivity index (χ1) is 11.7. The summed E-state index contributed by atoms with van der Waals surface area (Å²) >= 11 is 0. The van der Waals surface area contributed by atoms with Gasteiger partial charge < -0.3 is 15.1 Å². The Hall–Kier alpha value is -0.0400. The lowest BCUT2D eigenvalue weighted by molar-refractivity contribution is 0.159. The number of nitrogens with one attached hydrogen (secondary N) is 1. The highest BCUT2D eigenvalue weighted by Crippen LogP contribution is 2.35. The van der Waals surface area contributed by atoms with Crippen molar-refractivity contribution in [2.45, 2.75) is 52.4 Å². The number of halogens is 1. The van der Waals surface area contributed by atoms with Crippen molar-refractivity contribution in [2.75, 3.05) is 46.3 Å². The third-order valence-electron chi connectivity index (χ3n) is 6.26. The quantitative estimate of drug-likeness (QED) is 0.393. The predicted octanol–water partition coefficient (Wildman–Crippen LogP) is 3.67. The average Bonchev–Trinajstić information content (AvgIpc) is 2.99. The van der Waals surface area contributed by atoms with Crippen LogP contribution in [0.15, 0.2) is 4.99 Å². The van der Waals surface area contributed by atoms with Gasteiger partial charge in [-0.05, 0) is 55.9 Å². The zero-order valence-electron chi connectivity index (χ0n) is 16.5. The molecular weight excluding hydrogens is 423 g/mol. The first-order valence-electron chi connectivity index (χ1n) is 10.3. The van der Waals surface area contributed by atoms with Gasteiger partial charge in [0.05, 0.1) is 0 Å². The van der Waals surface area contributed by atoms with E-state index in [1.54, 1.807) is 0 Å². The lowest BCUT2D eigenvalue weighted by Crippen LogP contribution is -2.46. The fourth-order valence-corrected chi connectivity index (χ4v) is 5.15. The van der Waals surface area contributed by atoms with Gasteiger partial charge in [0.25, 0.3) is 0 Å². The minimum absolute atomic E-state index is 0. The van der Waals surface area contributed by atoms with Crippen molar-refractivity contribution in [3.05, 3.63) is 0 Å². The average molecular weight is 462 g/mol. The van der Waals surface area contributed by atoms with Crippen LogP contribution in [0.3, 0.4) is 0 Å². The number of piperidine rings is 1.